The summed E-state index contributed by atoms with van der Waals surface area (Å²) >= 11 is 0. The van der Waals surface area contributed by atoms with Gasteiger partial charge in [-0.15, -0.1) is 0 Å². The Morgan fingerprint density at radius 3 is 2.00 bits per heavy atom. The van der Waals surface area contributed by atoms with Crippen molar-refractivity contribution in [3.63, 3.8) is 0 Å². The molecule has 0 spiro atoms. The monoisotopic (exact) mass is 228 g/mol. The van der Waals surface area contributed by atoms with Crippen LogP contribution in [0.3, 0.4) is 0 Å². The summed E-state index contributed by atoms with van der Waals surface area (Å²) in [5, 5.41) is 8.50. The Morgan fingerprint density at radius 1 is 1.00 bits per heavy atom. The maximum Gasteiger partial charge on any atom is 0.372 e. The summed E-state index contributed by atoms with van der Waals surface area (Å²) in [5.41, 5.74) is 0. The van der Waals surface area contributed by atoms with Crippen LogP contribution in [0.25, 0.3) is 0 Å². The predicted octanol–water partition coefficient (Wildman–Crippen LogP) is 3.42. The highest BCUT2D eigenvalue weighted by Crippen LogP contribution is 2.13. The van der Waals surface area contributed by atoms with Crippen molar-refractivity contribution >= 4 is 11.8 Å². The molecule has 0 saturated heterocycles. The molecule has 0 heterocycles. The number of hydrogen-bond donors (Lipinski definition) is 1. The Kier molecular flexibility index (Phi) is 8.87. The van der Waals surface area contributed by atoms with E-state index in [9.17, 15) is 9.59 Å². The summed E-state index contributed by atoms with van der Waals surface area (Å²) in [6, 6.07) is 0. The molecule has 3 nitrogen and oxygen atoms in total. The topological polar surface area (TPSA) is 54.4 Å². The number of hydrogen-bond acceptors (Lipinski definition) is 2. The maximum atomic E-state index is 11.0. The van der Waals surface area contributed by atoms with Gasteiger partial charge in [-0.2, -0.15) is 0 Å². The van der Waals surface area contributed by atoms with Gasteiger partial charge >= 0.3 is 5.97 Å². The Morgan fingerprint density at radius 2 is 1.50 bits per heavy atom. The first kappa shape index (κ1) is 15.1. The number of Topliss-reactive ketones (excluding diaryl/α,β-unsaturated/α-hetero) is 1. The minimum absolute atomic E-state index is 0.326. The van der Waals surface area contributed by atoms with Crippen LogP contribution in [0, 0.1) is 5.92 Å². The van der Waals surface area contributed by atoms with Crippen LogP contribution in [0.5, 0.6) is 0 Å². The largest absolute Gasteiger partial charge is 0.475 e. The highest BCUT2D eigenvalue weighted by molar-refractivity contribution is 6.33. The molecule has 0 aromatic rings. The van der Waals surface area contributed by atoms with E-state index in [1.165, 1.54) is 32.1 Å². The number of rotatable bonds is 10. The molecule has 0 aliphatic carbocycles. The van der Waals surface area contributed by atoms with E-state index in [1.807, 2.05) is 0 Å². The van der Waals surface area contributed by atoms with Crippen LogP contribution in [0.15, 0.2) is 0 Å². The maximum absolute atomic E-state index is 11.0. The molecule has 94 valence electrons. The molecular formula is C13H24O3. The first-order valence-electron chi connectivity index (χ1n) is 6.36. The van der Waals surface area contributed by atoms with Crippen molar-refractivity contribution in [2.75, 3.05) is 0 Å². The lowest BCUT2D eigenvalue weighted by atomic mass is 9.98. The second kappa shape index (κ2) is 9.37. The van der Waals surface area contributed by atoms with E-state index in [0.29, 0.717) is 6.42 Å². The van der Waals surface area contributed by atoms with Gasteiger partial charge in [-0.05, 0) is 6.42 Å². The van der Waals surface area contributed by atoms with E-state index in [0.717, 1.165) is 12.8 Å². The Balaban J connectivity index is 3.38. The molecule has 0 aromatic heterocycles. The fourth-order valence-corrected chi connectivity index (χ4v) is 1.75. The average Bonchev–Trinajstić information content (AvgIpc) is 2.26. The molecule has 0 aromatic carbocycles. The van der Waals surface area contributed by atoms with Gasteiger partial charge in [-0.3, -0.25) is 4.79 Å². The van der Waals surface area contributed by atoms with Crippen LogP contribution in [0.1, 0.15) is 65.2 Å². The van der Waals surface area contributed by atoms with E-state index in [2.05, 4.69) is 6.92 Å². The number of unbranched alkanes of at least 4 members (excludes halogenated alkanes) is 6. The van der Waals surface area contributed by atoms with Crippen molar-refractivity contribution in [1.82, 2.24) is 0 Å². The molecule has 0 amide bonds. The molecule has 0 aliphatic rings. The molecule has 0 saturated carbocycles. The molecule has 1 atom stereocenters. The third-order valence-corrected chi connectivity index (χ3v) is 2.90. The molecule has 1 N–H and O–H groups in total. The number of aliphatic carboxylic acids is 1. The molecule has 0 rings (SSSR count). The van der Waals surface area contributed by atoms with Crippen LogP contribution in [0.2, 0.25) is 0 Å². The van der Waals surface area contributed by atoms with Gasteiger partial charge in [0.25, 0.3) is 0 Å². The average molecular weight is 228 g/mol. The van der Waals surface area contributed by atoms with Crippen molar-refractivity contribution in [3.05, 3.63) is 0 Å². The van der Waals surface area contributed by atoms with Crippen LogP contribution < -0.4 is 0 Å². The van der Waals surface area contributed by atoms with E-state index < -0.39 is 11.8 Å². The molecule has 0 aliphatic heterocycles. The normalized spacial score (nSPS) is 12.4. The van der Waals surface area contributed by atoms with Gasteiger partial charge in [0.05, 0.1) is 0 Å². The minimum atomic E-state index is -1.30. The van der Waals surface area contributed by atoms with Crippen molar-refractivity contribution in [2.24, 2.45) is 5.92 Å². The van der Waals surface area contributed by atoms with Gasteiger partial charge in [0, 0.05) is 5.92 Å². The first-order valence-corrected chi connectivity index (χ1v) is 6.36. The molecule has 0 bridgehead atoms. The van der Waals surface area contributed by atoms with Crippen molar-refractivity contribution < 1.29 is 14.7 Å². The quantitative estimate of drug-likeness (QED) is 0.460. The van der Waals surface area contributed by atoms with Crippen LogP contribution in [-0.4, -0.2) is 16.9 Å². The first-order chi connectivity index (χ1) is 7.59. The summed E-state index contributed by atoms with van der Waals surface area (Å²) in [4.78, 5) is 21.4. The summed E-state index contributed by atoms with van der Waals surface area (Å²) in [6.45, 7) is 3.90. The van der Waals surface area contributed by atoms with E-state index in [1.54, 1.807) is 6.92 Å². The SMILES string of the molecule is CCCCCCCCCC(C)C(=O)C(=O)O. The zero-order chi connectivity index (χ0) is 12.4. The number of carboxylic acids is 1. The van der Waals surface area contributed by atoms with Crippen molar-refractivity contribution in [1.29, 1.82) is 0 Å². The second-order valence-corrected chi connectivity index (χ2v) is 4.48. The van der Waals surface area contributed by atoms with Gasteiger partial charge in [0.15, 0.2) is 0 Å². The number of carbonyl (C=O) groups is 2. The molecule has 0 radical (unpaired) electrons. The highest BCUT2D eigenvalue weighted by atomic mass is 16.4. The second-order valence-electron chi connectivity index (χ2n) is 4.48. The molecule has 0 fully saturated rings. The van der Waals surface area contributed by atoms with Crippen LogP contribution in [-0.2, 0) is 9.59 Å². The van der Waals surface area contributed by atoms with Gasteiger partial charge < -0.3 is 5.11 Å². The number of ketones is 1. The van der Waals surface area contributed by atoms with Crippen LogP contribution in [0.4, 0.5) is 0 Å². The third kappa shape index (κ3) is 7.43. The van der Waals surface area contributed by atoms with Crippen molar-refractivity contribution in [3.8, 4) is 0 Å². The van der Waals surface area contributed by atoms with E-state index >= 15 is 0 Å². The fourth-order valence-electron chi connectivity index (χ4n) is 1.75. The van der Waals surface area contributed by atoms with Crippen LogP contribution >= 0.6 is 0 Å². The Hall–Kier alpha value is -0.860. The summed E-state index contributed by atoms with van der Waals surface area (Å²) < 4.78 is 0. The van der Waals surface area contributed by atoms with E-state index in [-0.39, 0.29) is 5.92 Å². The summed E-state index contributed by atoms with van der Waals surface area (Å²) in [6.07, 6.45) is 9.09. The Bertz CT molecular complexity index is 211. The fraction of sp³-hybridized carbons (Fsp3) is 0.846. The van der Waals surface area contributed by atoms with E-state index in [4.69, 9.17) is 5.11 Å². The zero-order valence-electron chi connectivity index (χ0n) is 10.5. The smallest absolute Gasteiger partial charge is 0.372 e. The lowest BCUT2D eigenvalue weighted by Gasteiger charge is -2.06. The Labute approximate surface area is 98.2 Å². The summed E-state index contributed by atoms with van der Waals surface area (Å²) in [7, 11) is 0. The van der Waals surface area contributed by atoms with Gasteiger partial charge in [0.2, 0.25) is 5.78 Å². The van der Waals surface area contributed by atoms with Gasteiger partial charge in [-0.25, -0.2) is 4.79 Å². The molecule has 3 heteroatoms. The number of carbonyl (C=O) groups excluding carboxylic acids is 1. The van der Waals surface area contributed by atoms with Crippen molar-refractivity contribution in [2.45, 2.75) is 65.2 Å². The standard InChI is InChI=1S/C13H24O3/c1-3-4-5-6-7-8-9-10-11(2)12(14)13(15)16/h11H,3-10H2,1-2H3,(H,15,16). The highest BCUT2D eigenvalue weighted by Gasteiger charge is 2.19. The molecule has 16 heavy (non-hydrogen) atoms. The van der Waals surface area contributed by atoms with Gasteiger partial charge in [-0.1, -0.05) is 58.8 Å². The lowest BCUT2D eigenvalue weighted by Crippen LogP contribution is -2.20. The minimum Gasteiger partial charge on any atom is -0.475 e. The summed E-state index contributed by atoms with van der Waals surface area (Å²) in [5.74, 6) is -2.27. The molecule has 1 unspecified atom stereocenters. The zero-order valence-corrected chi connectivity index (χ0v) is 10.5. The third-order valence-electron chi connectivity index (χ3n) is 2.90. The predicted molar refractivity (Wildman–Crippen MR) is 64.4 cm³/mol. The molecular weight excluding hydrogens is 204 g/mol. The van der Waals surface area contributed by atoms with Gasteiger partial charge in [0.1, 0.15) is 0 Å². The number of carboxylic acid groups (broad SMARTS) is 1. The lowest BCUT2D eigenvalue weighted by molar-refractivity contribution is -0.150.